The topological polar surface area (TPSA) is 64.6 Å². The van der Waals surface area contributed by atoms with Crippen molar-refractivity contribution in [2.75, 3.05) is 12.4 Å². The summed E-state index contributed by atoms with van der Waals surface area (Å²) in [7, 11) is 1.57. The molecule has 0 aromatic heterocycles. The third kappa shape index (κ3) is 4.77. The summed E-state index contributed by atoms with van der Waals surface area (Å²) < 4.78 is 11.3. The van der Waals surface area contributed by atoms with Gasteiger partial charge in [0.2, 0.25) is 0 Å². The maximum Gasteiger partial charge on any atom is 0.311 e. The molecule has 40 heavy (non-hydrogen) atoms. The number of rotatable bonds is 7. The van der Waals surface area contributed by atoms with Gasteiger partial charge < -0.3 is 14.8 Å². The predicted molar refractivity (Wildman–Crippen MR) is 159 cm³/mol. The van der Waals surface area contributed by atoms with E-state index in [1.807, 2.05) is 43.3 Å². The van der Waals surface area contributed by atoms with E-state index in [4.69, 9.17) is 9.47 Å². The number of carbonyl (C=O) groups is 2. The van der Waals surface area contributed by atoms with E-state index in [2.05, 4.69) is 47.8 Å². The summed E-state index contributed by atoms with van der Waals surface area (Å²) in [6.45, 7) is 2.04. The van der Waals surface area contributed by atoms with Crippen molar-refractivity contribution in [3.05, 3.63) is 107 Å². The molecule has 2 unspecified atom stereocenters. The number of benzene rings is 4. The number of hydrogen-bond donors (Lipinski definition) is 1. The molecule has 0 saturated heterocycles. The molecule has 0 fully saturated rings. The minimum absolute atomic E-state index is 0.123. The molecule has 4 aromatic carbocycles. The second kappa shape index (κ2) is 11.0. The summed E-state index contributed by atoms with van der Waals surface area (Å²) in [6.07, 6.45) is 3.32. The van der Waals surface area contributed by atoms with Crippen molar-refractivity contribution in [1.82, 2.24) is 0 Å². The average Bonchev–Trinajstić information content (AvgIpc) is 2.99. The van der Waals surface area contributed by atoms with Gasteiger partial charge in [0.15, 0.2) is 17.3 Å². The second-order valence-corrected chi connectivity index (χ2v) is 10.6. The Morgan fingerprint density at radius 1 is 0.900 bits per heavy atom. The van der Waals surface area contributed by atoms with E-state index < -0.39 is 0 Å². The zero-order valence-corrected chi connectivity index (χ0v) is 22.9. The SMILES string of the molecule is CCCCC(=O)Oc1ccc(C2Nc3ccc4ccccc4c3C3=C2C(=O)CC(c2ccccc2)C3)cc1OC. The first kappa shape index (κ1) is 25.9. The number of anilines is 1. The van der Waals surface area contributed by atoms with E-state index in [1.165, 1.54) is 5.56 Å². The highest BCUT2D eigenvalue weighted by Gasteiger charge is 2.38. The average molecular weight is 532 g/mol. The molecular formula is C35H33NO4. The summed E-state index contributed by atoms with van der Waals surface area (Å²) in [5.41, 5.74) is 6.13. The highest BCUT2D eigenvalue weighted by atomic mass is 16.6. The van der Waals surface area contributed by atoms with Gasteiger partial charge in [0.05, 0.1) is 13.2 Å². The number of fused-ring (bicyclic) bond motifs is 4. The van der Waals surface area contributed by atoms with Crippen LogP contribution in [0.25, 0.3) is 16.3 Å². The highest BCUT2D eigenvalue weighted by Crippen LogP contribution is 2.51. The van der Waals surface area contributed by atoms with Crippen LogP contribution in [-0.4, -0.2) is 18.9 Å². The third-order valence-corrected chi connectivity index (χ3v) is 8.08. The predicted octanol–water partition coefficient (Wildman–Crippen LogP) is 8.01. The Balaban J connectivity index is 1.45. The molecular weight excluding hydrogens is 498 g/mol. The van der Waals surface area contributed by atoms with Crippen molar-refractivity contribution in [3.63, 3.8) is 0 Å². The van der Waals surface area contributed by atoms with E-state index in [0.29, 0.717) is 24.3 Å². The lowest BCUT2D eigenvalue weighted by Gasteiger charge is -2.37. The number of methoxy groups -OCH3 is 1. The van der Waals surface area contributed by atoms with E-state index in [-0.39, 0.29) is 23.7 Å². The third-order valence-electron chi connectivity index (χ3n) is 8.08. The maximum absolute atomic E-state index is 14.0. The van der Waals surface area contributed by atoms with Crippen LogP contribution in [0.3, 0.4) is 0 Å². The van der Waals surface area contributed by atoms with Gasteiger partial charge in [0.25, 0.3) is 0 Å². The molecule has 0 bridgehead atoms. The summed E-state index contributed by atoms with van der Waals surface area (Å²) in [6, 6.07) is 28.2. The number of Topliss-reactive ketones (excluding diaryl/α,β-unsaturated/α-hetero) is 1. The smallest absolute Gasteiger partial charge is 0.311 e. The maximum atomic E-state index is 14.0. The van der Waals surface area contributed by atoms with Crippen LogP contribution in [0, 0.1) is 0 Å². The van der Waals surface area contributed by atoms with Crippen molar-refractivity contribution in [3.8, 4) is 11.5 Å². The van der Waals surface area contributed by atoms with Gasteiger partial charge in [0, 0.05) is 29.7 Å². The standard InChI is InChI=1S/C35H33NO4/c1-3-4-14-32(38)40-30-18-16-24(21-31(30)39-2)35-34-27(19-25(20-29(34)37)22-10-6-5-7-11-22)33-26-13-9-8-12-23(26)15-17-28(33)36-35/h5-13,15-18,21,25,35-36H,3-4,14,19-20H2,1-2H3. The van der Waals surface area contributed by atoms with Gasteiger partial charge in [-0.25, -0.2) is 0 Å². The Hall–Kier alpha value is -4.38. The quantitative estimate of drug-likeness (QED) is 0.193. The number of esters is 1. The first-order valence-electron chi connectivity index (χ1n) is 14.1. The summed E-state index contributed by atoms with van der Waals surface area (Å²) in [5, 5.41) is 5.98. The fraction of sp³-hybridized carbons (Fsp3) is 0.257. The van der Waals surface area contributed by atoms with Crippen LogP contribution in [0.1, 0.15) is 67.7 Å². The van der Waals surface area contributed by atoms with Crippen LogP contribution in [0.15, 0.2) is 90.5 Å². The zero-order valence-electron chi connectivity index (χ0n) is 22.9. The molecule has 6 rings (SSSR count). The lowest BCUT2D eigenvalue weighted by atomic mass is 9.71. The Labute approximate surface area is 234 Å². The van der Waals surface area contributed by atoms with Crippen LogP contribution >= 0.6 is 0 Å². The van der Waals surface area contributed by atoms with Crippen molar-refractivity contribution in [2.24, 2.45) is 0 Å². The van der Waals surface area contributed by atoms with Crippen molar-refractivity contribution < 1.29 is 19.1 Å². The number of nitrogens with one attached hydrogen (secondary N) is 1. The number of unbranched alkanes of at least 4 members (excludes halogenated alkanes) is 1. The minimum atomic E-state index is -0.341. The molecule has 1 aliphatic heterocycles. The van der Waals surface area contributed by atoms with Gasteiger partial charge in [-0.05, 0) is 64.4 Å². The fourth-order valence-electron chi connectivity index (χ4n) is 6.10. The molecule has 2 atom stereocenters. The molecule has 0 saturated carbocycles. The number of allylic oxidation sites excluding steroid dienone is 1. The lowest BCUT2D eigenvalue weighted by molar-refractivity contribution is -0.134. The summed E-state index contributed by atoms with van der Waals surface area (Å²) in [5.74, 6) is 0.866. The largest absolute Gasteiger partial charge is 0.493 e. The van der Waals surface area contributed by atoms with Crippen molar-refractivity contribution in [1.29, 1.82) is 0 Å². The Morgan fingerprint density at radius 3 is 2.50 bits per heavy atom. The van der Waals surface area contributed by atoms with Gasteiger partial charge in [-0.1, -0.05) is 80.1 Å². The van der Waals surface area contributed by atoms with Crippen LogP contribution in [-0.2, 0) is 9.59 Å². The molecule has 4 aromatic rings. The molecule has 0 spiro atoms. The molecule has 1 heterocycles. The Kier molecular flexibility index (Phi) is 7.12. The van der Waals surface area contributed by atoms with Crippen LogP contribution in [0.4, 0.5) is 5.69 Å². The first-order chi connectivity index (χ1) is 19.6. The van der Waals surface area contributed by atoms with E-state index in [0.717, 1.165) is 58.0 Å². The number of ether oxygens (including phenoxy) is 2. The Bertz CT molecular complexity index is 1620. The number of ketones is 1. The molecule has 0 radical (unpaired) electrons. The van der Waals surface area contributed by atoms with Gasteiger partial charge in [-0.3, -0.25) is 9.59 Å². The van der Waals surface area contributed by atoms with Crippen LogP contribution < -0.4 is 14.8 Å². The van der Waals surface area contributed by atoms with Crippen molar-refractivity contribution in [2.45, 2.75) is 51.0 Å². The molecule has 1 N–H and O–H groups in total. The van der Waals surface area contributed by atoms with Crippen molar-refractivity contribution >= 4 is 33.8 Å². The lowest BCUT2D eigenvalue weighted by Crippen LogP contribution is -2.29. The molecule has 0 amide bonds. The zero-order chi connectivity index (χ0) is 27.6. The van der Waals surface area contributed by atoms with E-state index in [9.17, 15) is 9.59 Å². The van der Waals surface area contributed by atoms with Gasteiger partial charge in [0.1, 0.15) is 0 Å². The first-order valence-corrected chi connectivity index (χ1v) is 14.1. The van der Waals surface area contributed by atoms with E-state index >= 15 is 0 Å². The van der Waals surface area contributed by atoms with Crippen LogP contribution in [0.2, 0.25) is 0 Å². The summed E-state index contributed by atoms with van der Waals surface area (Å²) in [4.78, 5) is 26.3. The molecule has 2 aliphatic rings. The molecule has 202 valence electrons. The minimum Gasteiger partial charge on any atom is -0.493 e. The van der Waals surface area contributed by atoms with Gasteiger partial charge in [-0.2, -0.15) is 0 Å². The normalized spacial score (nSPS) is 18.1. The molecule has 1 aliphatic carbocycles. The molecule has 5 heteroatoms. The number of carbonyl (C=O) groups excluding carboxylic acids is 2. The van der Waals surface area contributed by atoms with E-state index in [1.54, 1.807) is 13.2 Å². The molecule has 5 nitrogen and oxygen atoms in total. The fourth-order valence-corrected chi connectivity index (χ4v) is 6.10. The number of hydrogen-bond acceptors (Lipinski definition) is 5. The monoisotopic (exact) mass is 531 g/mol. The van der Waals surface area contributed by atoms with Crippen LogP contribution in [0.5, 0.6) is 11.5 Å². The van der Waals surface area contributed by atoms with Gasteiger partial charge in [-0.15, -0.1) is 0 Å². The second-order valence-electron chi connectivity index (χ2n) is 10.6. The Morgan fingerprint density at radius 2 is 1.70 bits per heavy atom. The van der Waals surface area contributed by atoms with Gasteiger partial charge >= 0.3 is 5.97 Å². The highest BCUT2D eigenvalue weighted by molar-refractivity contribution is 6.13. The summed E-state index contributed by atoms with van der Waals surface area (Å²) >= 11 is 0.